The fourth-order valence-electron chi connectivity index (χ4n) is 0.435. The lowest BCUT2D eigenvalue weighted by Crippen LogP contribution is -2.22. The lowest BCUT2D eigenvalue weighted by atomic mass is 10.6. The second-order valence-electron chi connectivity index (χ2n) is 1.57. The Kier molecular flexibility index (Phi) is 7.77. The van der Waals surface area contributed by atoms with Gasteiger partial charge in [-0.15, -0.1) is 9.81 Å². The monoisotopic (exact) mass is 163 g/mol. The van der Waals surface area contributed by atoms with Gasteiger partial charge in [0.1, 0.15) is 13.2 Å². The van der Waals surface area contributed by atoms with Gasteiger partial charge >= 0.3 is 0 Å². The molecule has 1 N–H and O–H groups in total. The summed E-state index contributed by atoms with van der Waals surface area (Å²) in [4.78, 5) is 27.0. The van der Waals surface area contributed by atoms with Crippen LogP contribution in [0.25, 0.3) is 0 Å². The Labute approximate surface area is 62.9 Å². The van der Waals surface area contributed by atoms with Crippen molar-refractivity contribution in [2.45, 2.75) is 0 Å². The number of rotatable bonds is 8. The summed E-state index contributed by atoms with van der Waals surface area (Å²) in [6, 6.07) is 0. The molecule has 0 atom stereocenters. The molecule has 0 heterocycles. The summed E-state index contributed by atoms with van der Waals surface area (Å²) >= 11 is 0. The third-order valence-corrected chi connectivity index (χ3v) is 0.846. The van der Waals surface area contributed by atoms with Crippen molar-refractivity contribution in [3.8, 4) is 0 Å². The van der Waals surface area contributed by atoms with E-state index in [0.717, 1.165) is 0 Å². The van der Waals surface area contributed by atoms with Gasteiger partial charge in [-0.1, -0.05) is 0 Å². The van der Waals surface area contributed by atoms with Crippen LogP contribution in [0.4, 0.5) is 0 Å². The van der Waals surface area contributed by atoms with Crippen LogP contribution in [0.2, 0.25) is 0 Å². The van der Waals surface area contributed by atoms with Crippen LogP contribution in [0.15, 0.2) is 10.7 Å². The Hall–Kier alpha value is -1.24. The molecule has 11 heavy (non-hydrogen) atoms. The SMILES string of the molecule is O=NOCCNCCON=O. The van der Waals surface area contributed by atoms with Gasteiger partial charge in [0.2, 0.25) is 0 Å². The third-order valence-electron chi connectivity index (χ3n) is 0.846. The summed E-state index contributed by atoms with van der Waals surface area (Å²) in [7, 11) is 0. The van der Waals surface area contributed by atoms with E-state index in [1.165, 1.54) is 0 Å². The predicted molar refractivity (Wildman–Crippen MR) is 36.4 cm³/mol. The summed E-state index contributed by atoms with van der Waals surface area (Å²) < 4.78 is 0. The molecule has 0 aromatic heterocycles. The quantitative estimate of drug-likeness (QED) is 0.308. The normalized spacial score (nSPS) is 8.73. The first-order valence-corrected chi connectivity index (χ1v) is 3.01. The van der Waals surface area contributed by atoms with Crippen LogP contribution in [0.5, 0.6) is 0 Å². The van der Waals surface area contributed by atoms with E-state index in [1.807, 2.05) is 0 Å². The zero-order chi connectivity index (χ0) is 8.36. The molecule has 0 saturated carbocycles. The molecule has 0 aromatic rings. The molecule has 64 valence electrons. The fourth-order valence-corrected chi connectivity index (χ4v) is 0.435. The van der Waals surface area contributed by atoms with E-state index < -0.39 is 0 Å². The minimum absolute atomic E-state index is 0.206. The van der Waals surface area contributed by atoms with Crippen LogP contribution in [0, 0.1) is 9.81 Å². The maximum Gasteiger partial charge on any atom is 0.155 e. The molecule has 0 aliphatic heterocycles. The minimum atomic E-state index is 0.206. The van der Waals surface area contributed by atoms with Crippen molar-refractivity contribution in [1.29, 1.82) is 0 Å². The van der Waals surface area contributed by atoms with Crippen molar-refractivity contribution >= 4 is 0 Å². The van der Waals surface area contributed by atoms with Gasteiger partial charge in [-0.2, -0.15) is 0 Å². The molecular formula is C4H9N3O4. The highest BCUT2D eigenvalue weighted by Gasteiger charge is 1.87. The zero-order valence-electron chi connectivity index (χ0n) is 5.86. The maximum atomic E-state index is 9.36. The molecule has 0 aliphatic carbocycles. The zero-order valence-corrected chi connectivity index (χ0v) is 5.86. The molecule has 0 spiro atoms. The Balaban J connectivity index is 2.79. The Morgan fingerprint density at radius 2 is 1.45 bits per heavy atom. The molecule has 7 heteroatoms. The van der Waals surface area contributed by atoms with Gasteiger partial charge in [0.25, 0.3) is 0 Å². The summed E-state index contributed by atoms with van der Waals surface area (Å²) in [6.45, 7) is 1.37. The minimum Gasteiger partial charge on any atom is -0.363 e. The van der Waals surface area contributed by atoms with E-state index >= 15 is 0 Å². The summed E-state index contributed by atoms with van der Waals surface area (Å²) in [5.74, 6) is 0. The molecule has 0 fully saturated rings. The highest BCUT2D eigenvalue weighted by atomic mass is 16.7. The molecule has 0 aromatic carbocycles. The predicted octanol–water partition coefficient (Wildman–Crippen LogP) is -0.0280. The molecule has 0 radical (unpaired) electrons. The van der Waals surface area contributed by atoms with Crippen LogP contribution in [-0.4, -0.2) is 26.3 Å². The Morgan fingerprint density at radius 1 is 1.00 bits per heavy atom. The average molecular weight is 163 g/mol. The topological polar surface area (TPSA) is 89.3 Å². The van der Waals surface area contributed by atoms with Crippen molar-refractivity contribution in [3.05, 3.63) is 9.81 Å². The molecule has 0 aliphatic rings. The standard InChI is InChI=1S/C4H9N3O4/c8-6-10-3-1-5-2-4-11-7-9/h5H,1-4H2. The van der Waals surface area contributed by atoms with E-state index in [4.69, 9.17) is 0 Å². The lowest BCUT2D eigenvalue weighted by molar-refractivity contribution is 0.126. The summed E-state index contributed by atoms with van der Waals surface area (Å²) in [5, 5.41) is 7.17. The van der Waals surface area contributed by atoms with Gasteiger partial charge in [0, 0.05) is 13.1 Å². The Morgan fingerprint density at radius 3 is 1.82 bits per heavy atom. The first-order valence-electron chi connectivity index (χ1n) is 3.01. The van der Waals surface area contributed by atoms with E-state index in [9.17, 15) is 9.81 Å². The first kappa shape index (κ1) is 9.76. The number of hydrogen-bond acceptors (Lipinski definition) is 7. The van der Waals surface area contributed by atoms with Crippen LogP contribution in [0.1, 0.15) is 0 Å². The molecule has 0 saturated heterocycles. The Bertz CT molecular complexity index is 97.5. The van der Waals surface area contributed by atoms with Crippen LogP contribution < -0.4 is 5.32 Å². The van der Waals surface area contributed by atoms with Crippen molar-refractivity contribution in [3.63, 3.8) is 0 Å². The van der Waals surface area contributed by atoms with Gasteiger partial charge in [0.05, 0.1) is 0 Å². The molecular weight excluding hydrogens is 154 g/mol. The van der Waals surface area contributed by atoms with Gasteiger partial charge in [-0.05, 0) is 0 Å². The van der Waals surface area contributed by atoms with E-state index in [-0.39, 0.29) is 13.2 Å². The largest absolute Gasteiger partial charge is 0.363 e. The van der Waals surface area contributed by atoms with Crippen molar-refractivity contribution < 1.29 is 9.68 Å². The van der Waals surface area contributed by atoms with Crippen LogP contribution in [0.3, 0.4) is 0 Å². The molecule has 7 nitrogen and oxygen atoms in total. The van der Waals surface area contributed by atoms with E-state index in [2.05, 4.69) is 25.7 Å². The number of nitrogens with one attached hydrogen (secondary N) is 1. The highest BCUT2D eigenvalue weighted by molar-refractivity contribution is 4.42. The highest BCUT2D eigenvalue weighted by Crippen LogP contribution is 1.73. The van der Waals surface area contributed by atoms with Gasteiger partial charge in [-0.3, -0.25) is 0 Å². The lowest BCUT2D eigenvalue weighted by Gasteiger charge is -1.99. The van der Waals surface area contributed by atoms with E-state index in [0.29, 0.717) is 13.1 Å². The van der Waals surface area contributed by atoms with Crippen molar-refractivity contribution in [1.82, 2.24) is 5.32 Å². The average Bonchev–Trinajstić information content (AvgIpc) is 2.03. The van der Waals surface area contributed by atoms with Crippen LogP contribution >= 0.6 is 0 Å². The van der Waals surface area contributed by atoms with E-state index in [1.54, 1.807) is 0 Å². The fraction of sp³-hybridized carbons (Fsp3) is 1.00. The second-order valence-corrected chi connectivity index (χ2v) is 1.57. The maximum absolute atomic E-state index is 9.36. The molecule has 0 amide bonds. The first-order chi connectivity index (χ1) is 5.41. The van der Waals surface area contributed by atoms with Crippen LogP contribution in [-0.2, 0) is 9.68 Å². The third kappa shape index (κ3) is 8.76. The van der Waals surface area contributed by atoms with Gasteiger partial charge in [0.15, 0.2) is 10.7 Å². The smallest absolute Gasteiger partial charge is 0.155 e. The van der Waals surface area contributed by atoms with Crippen molar-refractivity contribution in [2.24, 2.45) is 10.7 Å². The summed E-state index contributed by atoms with van der Waals surface area (Å²) in [6.07, 6.45) is 0. The molecule has 0 unspecified atom stereocenters. The van der Waals surface area contributed by atoms with Gasteiger partial charge in [-0.25, -0.2) is 0 Å². The second kappa shape index (κ2) is 8.76. The van der Waals surface area contributed by atoms with Crippen molar-refractivity contribution in [2.75, 3.05) is 26.3 Å². The number of nitrogens with zero attached hydrogens (tertiary/aromatic N) is 2. The number of hydrogen-bond donors (Lipinski definition) is 1. The van der Waals surface area contributed by atoms with Gasteiger partial charge < -0.3 is 15.0 Å². The molecule has 0 bridgehead atoms. The molecule has 0 rings (SSSR count). The summed E-state index contributed by atoms with van der Waals surface area (Å²) in [5.41, 5.74) is 0.